The third kappa shape index (κ3) is 5.39. The molecule has 28 heavy (non-hydrogen) atoms. The minimum atomic E-state index is 0.00823. The molecular formula is C22H25N3O2S. The number of carbonyl (C=O) groups excluding carboxylic acids is 1. The molecule has 0 saturated heterocycles. The molecule has 3 aromatic rings. The lowest BCUT2D eigenvalue weighted by Crippen LogP contribution is -2.26. The van der Waals surface area contributed by atoms with Crippen molar-refractivity contribution < 1.29 is 4.79 Å². The van der Waals surface area contributed by atoms with Crippen molar-refractivity contribution in [1.82, 2.24) is 14.9 Å². The molecule has 146 valence electrons. The van der Waals surface area contributed by atoms with Crippen molar-refractivity contribution in [2.24, 2.45) is 0 Å². The Bertz CT molecular complexity index is 990. The molecule has 1 N–H and O–H groups in total. The second-order valence-electron chi connectivity index (χ2n) is 6.84. The average Bonchev–Trinajstić information content (AvgIpc) is 3.03. The zero-order valence-corrected chi connectivity index (χ0v) is 17.1. The Morgan fingerprint density at radius 3 is 2.64 bits per heavy atom. The number of aryl methyl sites for hydroxylation is 3. The van der Waals surface area contributed by atoms with E-state index in [9.17, 15) is 9.59 Å². The quantitative estimate of drug-likeness (QED) is 0.591. The van der Waals surface area contributed by atoms with E-state index < -0.39 is 0 Å². The molecule has 0 atom stereocenters. The van der Waals surface area contributed by atoms with Gasteiger partial charge >= 0.3 is 0 Å². The van der Waals surface area contributed by atoms with Crippen molar-refractivity contribution in [3.63, 3.8) is 0 Å². The first-order chi connectivity index (χ1) is 13.5. The van der Waals surface area contributed by atoms with E-state index in [4.69, 9.17) is 0 Å². The molecule has 0 aliphatic carbocycles. The lowest BCUT2D eigenvalue weighted by molar-refractivity contribution is -0.120. The number of rotatable bonds is 8. The fourth-order valence-electron chi connectivity index (χ4n) is 3.01. The monoisotopic (exact) mass is 395 g/mol. The summed E-state index contributed by atoms with van der Waals surface area (Å²) < 4.78 is 1.69. The molecule has 1 aromatic carbocycles. The van der Waals surface area contributed by atoms with Crippen LogP contribution >= 0.6 is 11.3 Å². The maximum atomic E-state index is 12.4. The van der Waals surface area contributed by atoms with Crippen LogP contribution in [0.4, 0.5) is 0 Å². The Labute approximate surface area is 169 Å². The third-order valence-electron chi connectivity index (χ3n) is 4.50. The van der Waals surface area contributed by atoms with E-state index in [1.807, 2.05) is 13.0 Å². The molecule has 0 spiro atoms. The number of hydrogen-bond donors (Lipinski definition) is 1. The van der Waals surface area contributed by atoms with Crippen LogP contribution in [-0.4, -0.2) is 22.0 Å². The van der Waals surface area contributed by atoms with Crippen molar-refractivity contribution in [2.45, 2.75) is 39.7 Å². The van der Waals surface area contributed by atoms with Crippen LogP contribution in [0.1, 0.15) is 28.3 Å². The van der Waals surface area contributed by atoms with Gasteiger partial charge in [-0.3, -0.25) is 9.59 Å². The molecule has 5 nitrogen and oxygen atoms in total. The summed E-state index contributed by atoms with van der Waals surface area (Å²) in [5, 5.41) is 3.95. The van der Waals surface area contributed by atoms with Crippen LogP contribution in [0.15, 0.2) is 53.5 Å². The van der Waals surface area contributed by atoms with Gasteiger partial charge in [0.2, 0.25) is 11.5 Å². The number of amides is 1. The summed E-state index contributed by atoms with van der Waals surface area (Å²) in [6, 6.07) is 13.4. The van der Waals surface area contributed by atoms with Crippen molar-refractivity contribution >= 4 is 17.2 Å². The Morgan fingerprint density at radius 1 is 1.11 bits per heavy atom. The summed E-state index contributed by atoms with van der Waals surface area (Å²) in [6.45, 7) is 5.30. The van der Waals surface area contributed by atoms with Gasteiger partial charge in [0.1, 0.15) is 0 Å². The fourth-order valence-corrected chi connectivity index (χ4v) is 3.97. The fraction of sp³-hybridized carbons (Fsp3) is 0.318. The van der Waals surface area contributed by atoms with Crippen LogP contribution in [0.5, 0.6) is 0 Å². The highest BCUT2D eigenvalue weighted by Crippen LogP contribution is 2.28. The summed E-state index contributed by atoms with van der Waals surface area (Å²) in [6.07, 6.45) is 3.81. The summed E-state index contributed by atoms with van der Waals surface area (Å²) in [7, 11) is 0. The molecule has 0 saturated carbocycles. The smallest absolute Gasteiger partial charge is 0.250 e. The van der Waals surface area contributed by atoms with Gasteiger partial charge in [0.05, 0.1) is 17.1 Å². The predicted octanol–water partition coefficient (Wildman–Crippen LogP) is 3.73. The largest absolute Gasteiger partial charge is 0.356 e. The van der Waals surface area contributed by atoms with E-state index in [1.165, 1.54) is 5.56 Å². The number of nitrogens with zero attached hydrogens (tertiary/aromatic N) is 2. The van der Waals surface area contributed by atoms with Crippen LogP contribution in [-0.2, 0) is 17.8 Å². The second kappa shape index (κ2) is 9.46. The average molecular weight is 396 g/mol. The molecular weight excluding hydrogens is 370 g/mol. The van der Waals surface area contributed by atoms with E-state index in [0.717, 1.165) is 34.0 Å². The first kappa shape index (κ1) is 20.0. The van der Waals surface area contributed by atoms with Gasteiger partial charge in [-0.2, -0.15) is 0 Å². The van der Waals surface area contributed by atoms with Gasteiger partial charge in [-0.15, -0.1) is 11.3 Å². The number of aromatic nitrogens is 2. The van der Waals surface area contributed by atoms with Crippen molar-refractivity contribution in [3.8, 4) is 11.3 Å². The number of pyridine rings is 1. The SMILES string of the molecule is Cc1ccc(-c2nc(C)sc2CC(=O)NCCCCn2ccccc2=O)cc1. The van der Waals surface area contributed by atoms with Crippen molar-refractivity contribution in [1.29, 1.82) is 0 Å². The lowest BCUT2D eigenvalue weighted by atomic mass is 10.1. The number of unbranched alkanes of at least 4 members (excludes halogenated alkanes) is 1. The van der Waals surface area contributed by atoms with E-state index >= 15 is 0 Å². The molecule has 0 aliphatic heterocycles. The zero-order valence-electron chi connectivity index (χ0n) is 16.3. The van der Waals surface area contributed by atoms with E-state index in [0.29, 0.717) is 19.5 Å². The Kier molecular flexibility index (Phi) is 6.76. The van der Waals surface area contributed by atoms with Gasteiger partial charge in [-0.05, 0) is 32.8 Å². The lowest BCUT2D eigenvalue weighted by Gasteiger charge is -2.07. The molecule has 0 radical (unpaired) electrons. The summed E-state index contributed by atoms with van der Waals surface area (Å²) >= 11 is 1.57. The highest BCUT2D eigenvalue weighted by molar-refractivity contribution is 7.12. The highest BCUT2D eigenvalue weighted by Gasteiger charge is 2.14. The maximum absolute atomic E-state index is 12.4. The first-order valence-corrected chi connectivity index (χ1v) is 10.3. The predicted molar refractivity (Wildman–Crippen MR) is 114 cm³/mol. The van der Waals surface area contributed by atoms with Crippen LogP contribution in [0.2, 0.25) is 0 Å². The number of hydrogen-bond acceptors (Lipinski definition) is 4. The zero-order chi connectivity index (χ0) is 19.9. The van der Waals surface area contributed by atoms with E-state index in [2.05, 4.69) is 41.5 Å². The van der Waals surface area contributed by atoms with Gasteiger partial charge in [0.15, 0.2) is 0 Å². The second-order valence-corrected chi connectivity index (χ2v) is 8.12. The van der Waals surface area contributed by atoms with Crippen LogP contribution in [0.25, 0.3) is 11.3 Å². The molecule has 0 fully saturated rings. The van der Waals surface area contributed by atoms with Crippen LogP contribution in [0.3, 0.4) is 0 Å². The number of carbonyl (C=O) groups is 1. The van der Waals surface area contributed by atoms with Gasteiger partial charge in [-0.25, -0.2) is 4.98 Å². The van der Waals surface area contributed by atoms with Crippen molar-refractivity contribution in [3.05, 3.63) is 74.5 Å². The van der Waals surface area contributed by atoms with Gasteiger partial charge in [-0.1, -0.05) is 35.9 Å². The number of nitrogens with one attached hydrogen (secondary N) is 1. The topological polar surface area (TPSA) is 64.0 Å². The summed E-state index contributed by atoms with van der Waals surface area (Å²) in [5.41, 5.74) is 3.16. The standard InChI is InChI=1S/C22H25N3O2S/c1-16-8-10-18(11-9-16)22-19(28-17(2)24-22)15-20(26)23-12-4-6-14-25-13-5-3-7-21(25)27/h3,5,7-11,13H,4,6,12,14-15H2,1-2H3,(H,23,26). The summed E-state index contributed by atoms with van der Waals surface area (Å²) in [4.78, 5) is 29.6. The number of thiazole rings is 1. The minimum absolute atomic E-state index is 0.00823. The van der Waals surface area contributed by atoms with Crippen molar-refractivity contribution in [2.75, 3.05) is 6.54 Å². The summed E-state index contributed by atoms with van der Waals surface area (Å²) in [5.74, 6) is 0.00823. The molecule has 3 rings (SSSR count). The van der Waals surface area contributed by atoms with Gasteiger partial charge < -0.3 is 9.88 Å². The molecule has 0 unspecified atom stereocenters. The molecule has 2 aromatic heterocycles. The third-order valence-corrected chi connectivity index (χ3v) is 5.47. The highest BCUT2D eigenvalue weighted by atomic mass is 32.1. The Balaban J connectivity index is 1.49. The van der Waals surface area contributed by atoms with Crippen LogP contribution < -0.4 is 10.9 Å². The maximum Gasteiger partial charge on any atom is 0.250 e. The molecule has 6 heteroatoms. The van der Waals surface area contributed by atoms with Gasteiger partial charge in [0, 0.05) is 35.8 Å². The molecule has 2 heterocycles. The molecule has 0 aliphatic rings. The Hall–Kier alpha value is -2.73. The van der Waals surface area contributed by atoms with Crippen LogP contribution in [0, 0.1) is 13.8 Å². The van der Waals surface area contributed by atoms with Gasteiger partial charge in [0.25, 0.3) is 0 Å². The van der Waals surface area contributed by atoms with E-state index in [-0.39, 0.29) is 11.5 Å². The number of benzene rings is 1. The first-order valence-electron chi connectivity index (χ1n) is 9.48. The normalized spacial score (nSPS) is 10.8. The Morgan fingerprint density at radius 2 is 1.89 bits per heavy atom. The molecule has 1 amide bonds. The van der Waals surface area contributed by atoms with E-state index in [1.54, 1.807) is 34.2 Å². The minimum Gasteiger partial charge on any atom is -0.356 e. The molecule has 0 bridgehead atoms.